The predicted molar refractivity (Wildman–Crippen MR) is 150 cm³/mol. The first-order valence-corrected chi connectivity index (χ1v) is 13.5. The van der Waals surface area contributed by atoms with E-state index >= 15 is 0 Å². The van der Waals surface area contributed by atoms with Crippen LogP contribution in [0.4, 0.5) is 0 Å². The molecule has 3 aliphatic rings. The Labute approximate surface area is 238 Å². The fraction of sp³-hybridized carbons (Fsp3) is 0.235. The van der Waals surface area contributed by atoms with Gasteiger partial charge in [0, 0.05) is 38.4 Å². The van der Waals surface area contributed by atoms with Gasteiger partial charge < -0.3 is 9.55 Å². The number of rotatable bonds is 2. The number of allylic oxidation sites excluding steroid dienone is 2. The number of hydrogen-bond donors (Lipinski definition) is 0. The van der Waals surface area contributed by atoms with E-state index in [1.807, 2.05) is 36.5 Å². The molecule has 191 valence electrons. The summed E-state index contributed by atoms with van der Waals surface area (Å²) in [4.78, 5) is 9.34. The van der Waals surface area contributed by atoms with E-state index in [-0.39, 0.29) is 20.1 Å². The molecule has 5 aromatic rings. The molecule has 0 spiro atoms. The van der Waals surface area contributed by atoms with Crippen molar-refractivity contribution in [2.75, 3.05) is 0 Å². The number of imidazole rings is 1. The van der Waals surface area contributed by atoms with Gasteiger partial charge in [-0.1, -0.05) is 49.1 Å². The molecule has 3 aromatic carbocycles. The molecule has 0 amide bonds. The number of aryl methyl sites for hydroxylation is 2. The first-order chi connectivity index (χ1) is 18.4. The van der Waals surface area contributed by atoms with Crippen molar-refractivity contribution in [3.8, 4) is 22.6 Å². The summed E-state index contributed by atoms with van der Waals surface area (Å²) in [6, 6.07) is 31.7. The number of pyridine rings is 1. The molecule has 0 N–H and O–H groups in total. The molecule has 3 nitrogen and oxygen atoms in total. The van der Waals surface area contributed by atoms with Crippen molar-refractivity contribution in [2.45, 2.75) is 45.1 Å². The van der Waals surface area contributed by atoms with Crippen LogP contribution in [0.1, 0.15) is 42.4 Å². The maximum absolute atomic E-state index is 4.91. The van der Waals surface area contributed by atoms with Gasteiger partial charge in [-0.3, -0.25) is 4.98 Å². The van der Waals surface area contributed by atoms with Crippen LogP contribution in [-0.2, 0) is 39.5 Å². The molecule has 1 radical (unpaired) electrons. The standard InChI is InChI=1S/C21H19N2.C13H10N.Ir/c1-2-9-16(10-3-1)21-22-19-12-6-11-18-17(15-7-4-5-8-15)13-14-23(21)20(18)19;1-2-6-12-10(4-1)7-8-11-5-3-9-14-13(11)12;/h1-3,6,9,11-13,15H,4-5,7-8,14H2;1-5,9H,7-8H2;/q2*-1;. The predicted octanol–water partition coefficient (Wildman–Crippen LogP) is 7.74. The molecule has 8 rings (SSSR count). The van der Waals surface area contributed by atoms with Crippen LogP contribution in [0.15, 0.2) is 85.1 Å². The second-order valence-corrected chi connectivity index (χ2v) is 10.2. The van der Waals surface area contributed by atoms with Gasteiger partial charge in [-0.25, -0.2) is 0 Å². The molecular weight excluding hydrogens is 643 g/mol. The Morgan fingerprint density at radius 3 is 2.53 bits per heavy atom. The molecule has 3 heterocycles. The summed E-state index contributed by atoms with van der Waals surface area (Å²) < 4.78 is 2.36. The van der Waals surface area contributed by atoms with E-state index in [4.69, 9.17) is 4.98 Å². The van der Waals surface area contributed by atoms with Crippen molar-refractivity contribution in [1.82, 2.24) is 14.5 Å². The maximum atomic E-state index is 4.91. The molecule has 0 saturated heterocycles. The Balaban J connectivity index is 0.000000152. The molecule has 1 saturated carbocycles. The van der Waals surface area contributed by atoms with Gasteiger partial charge in [-0.2, -0.15) is 0 Å². The molecule has 2 aliphatic carbocycles. The van der Waals surface area contributed by atoms with Crippen LogP contribution in [0.25, 0.3) is 39.3 Å². The van der Waals surface area contributed by atoms with Crippen LogP contribution >= 0.6 is 0 Å². The van der Waals surface area contributed by atoms with Crippen molar-refractivity contribution in [3.63, 3.8) is 0 Å². The Morgan fingerprint density at radius 2 is 1.66 bits per heavy atom. The summed E-state index contributed by atoms with van der Waals surface area (Å²) in [5.74, 6) is 1.78. The second-order valence-electron chi connectivity index (χ2n) is 10.2. The molecule has 1 fully saturated rings. The van der Waals surface area contributed by atoms with Gasteiger partial charge in [0.25, 0.3) is 0 Å². The zero-order chi connectivity index (χ0) is 24.6. The van der Waals surface area contributed by atoms with E-state index in [0.29, 0.717) is 0 Å². The summed E-state index contributed by atoms with van der Waals surface area (Å²) >= 11 is 0. The topological polar surface area (TPSA) is 30.7 Å². The van der Waals surface area contributed by atoms with Crippen molar-refractivity contribution in [3.05, 3.63) is 114 Å². The van der Waals surface area contributed by atoms with E-state index in [1.54, 1.807) is 5.57 Å². The average Bonchev–Trinajstić information content (AvgIpc) is 3.64. The minimum Gasteiger partial charge on any atom is -0.360 e. The van der Waals surface area contributed by atoms with Crippen LogP contribution < -0.4 is 0 Å². The Kier molecular flexibility index (Phi) is 7.10. The molecular formula is C34H29IrN3-2. The number of aromatic nitrogens is 3. The van der Waals surface area contributed by atoms with Gasteiger partial charge >= 0.3 is 0 Å². The molecule has 1 aliphatic heterocycles. The van der Waals surface area contributed by atoms with Crippen LogP contribution in [0, 0.1) is 18.1 Å². The van der Waals surface area contributed by atoms with Crippen molar-refractivity contribution >= 4 is 16.6 Å². The first-order valence-electron chi connectivity index (χ1n) is 13.5. The van der Waals surface area contributed by atoms with E-state index in [9.17, 15) is 0 Å². The number of fused-ring (bicyclic) bond motifs is 3. The van der Waals surface area contributed by atoms with E-state index in [1.165, 1.54) is 53.5 Å². The van der Waals surface area contributed by atoms with Gasteiger partial charge in [0.1, 0.15) is 0 Å². The van der Waals surface area contributed by atoms with Gasteiger partial charge in [0.2, 0.25) is 0 Å². The number of benzene rings is 3. The number of hydrogen-bond acceptors (Lipinski definition) is 2. The average molecular weight is 672 g/mol. The van der Waals surface area contributed by atoms with Gasteiger partial charge in [-0.15, -0.1) is 71.3 Å². The SMILES string of the molecule is [Ir].[c-]1cccc2c1-c1ncccc1CC2.[c-]1ccccc1-c1nc2cccc3c2n1CC=C3C1CCCC1. The molecule has 0 bridgehead atoms. The third kappa shape index (κ3) is 4.46. The molecule has 38 heavy (non-hydrogen) atoms. The molecule has 2 aromatic heterocycles. The summed E-state index contributed by atoms with van der Waals surface area (Å²) in [5.41, 5.74) is 11.5. The van der Waals surface area contributed by atoms with Crippen molar-refractivity contribution in [1.29, 1.82) is 0 Å². The first kappa shape index (κ1) is 25.0. The fourth-order valence-electron chi connectivity index (χ4n) is 6.29. The van der Waals surface area contributed by atoms with Crippen LogP contribution in [0.5, 0.6) is 0 Å². The molecule has 0 unspecified atom stereocenters. The third-order valence-electron chi connectivity index (χ3n) is 8.05. The van der Waals surface area contributed by atoms with Gasteiger partial charge in [-0.05, 0) is 48.6 Å². The smallest absolute Gasteiger partial charge is 0.0777 e. The fourth-order valence-corrected chi connectivity index (χ4v) is 6.29. The van der Waals surface area contributed by atoms with Crippen molar-refractivity contribution < 1.29 is 20.1 Å². The van der Waals surface area contributed by atoms with Crippen molar-refractivity contribution in [2.24, 2.45) is 5.92 Å². The van der Waals surface area contributed by atoms with E-state index in [0.717, 1.165) is 47.9 Å². The minimum absolute atomic E-state index is 0. The second kappa shape index (κ2) is 10.8. The van der Waals surface area contributed by atoms with Crippen LogP contribution in [0.3, 0.4) is 0 Å². The zero-order valence-corrected chi connectivity index (χ0v) is 23.7. The van der Waals surface area contributed by atoms with E-state index in [2.05, 4.69) is 70.2 Å². The summed E-state index contributed by atoms with van der Waals surface area (Å²) in [6.07, 6.45) is 12.0. The normalized spacial score (nSPS) is 15.5. The maximum Gasteiger partial charge on any atom is 0.0777 e. The molecule has 0 atom stereocenters. The zero-order valence-electron chi connectivity index (χ0n) is 21.3. The quantitative estimate of drug-likeness (QED) is 0.180. The Hall–Kier alpha value is -3.33. The summed E-state index contributed by atoms with van der Waals surface area (Å²) in [7, 11) is 0. The third-order valence-corrected chi connectivity index (χ3v) is 8.05. The van der Waals surface area contributed by atoms with Gasteiger partial charge in [0.15, 0.2) is 0 Å². The van der Waals surface area contributed by atoms with E-state index < -0.39 is 0 Å². The monoisotopic (exact) mass is 672 g/mol. The minimum atomic E-state index is 0. The molecule has 4 heteroatoms. The summed E-state index contributed by atoms with van der Waals surface area (Å²) in [5, 5.41) is 0. The number of para-hydroxylation sites is 1. The summed E-state index contributed by atoms with van der Waals surface area (Å²) in [6.45, 7) is 0.928. The number of nitrogens with zero attached hydrogens (tertiary/aromatic N) is 3. The van der Waals surface area contributed by atoms with Crippen LogP contribution in [-0.4, -0.2) is 14.5 Å². The largest absolute Gasteiger partial charge is 0.360 e. The van der Waals surface area contributed by atoms with Gasteiger partial charge in [0.05, 0.1) is 16.9 Å². The Morgan fingerprint density at radius 1 is 0.816 bits per heavy atom. The Bertz CT molecular complexity index is 1560. The van der Waals surface area contributed by atoms with Crippen LogP contribution in [0.2, 0.25) is 0 Å².